The van der Waals surface area contributed by atoms with E-state index in [9.17, 15) is 9.59 Å². The number of benzene rings is 1. The van der Waals surface area contributed by atoms with Gasteiger partial charge < -0.3 is 14.6 Å². The minimum absolute atomic E-state index is 0.230. The van der Waals surface area contributed by atoms with Crippen molar-refractivity contribution in [1.82, 2.24) is 0 Å². The van der Waals surface area contributed by atoms with Gasteiger partial charge in [0.05, 0.1) is 12.2 Å². The highest BCUT2D eigenvalue weighted by molar-refractivity contribution is 5.81. The zero-order valence-corrected chi connectivity index (χ0v) is 10.4. The maximum absolute atomic E-state index is 10.9. The lowest BCUT2D eigenvalue weighted by molar-refractivity contribution is -0.139. The van der Waals surface area contributed by atoms with Gasteiger partial charge in [0, 0.05) is 6.07 Å². The van der Waals surface area contributed by atoms with E-state index in [0.29, 0.717) is 24.2 Å². The number of aldehydes is 1. The number of carboxylic acid groups (broad SMARTS) is 1. The highest BCUT2D eigenvalue weighted by atomic mass is 16.5. The molecule has 0 saturated heterocycles. The number of ether oxygens (including phenoxy) is 2. The Morgan fingerprint density at radius 2 is 2.00 bits per heavy atom. The van der Waals surface area contributed by atoms with Gasteiger partial charge in [0.2, 0.25) is 0 Å². The Labute approximate surface area is 105 Å². The fraction of sp³-hybridized carbons (Fsp3) is 0.385. The number of aliphatic carboxylic acids is 1. The maximum Gasteiger partial charge on any atom is 0.341 e. The number of hydrogen-bond acceptors (Lipinski definition) is 4. The van der Waals surface area contributed by atoms with Gasteiger partial charge in [-0.15, -0.1) is 0 Å². The second kappa shape index (κ2) is 6.64. The normalized spacial score (nSPS) is 9.89. The van der Waals surface area contributed by atoms with Crippen LogP contribution >= 0.6 is 0 Å². The van der Waals surface area contributed by atoms with Crippen LogP contribution in [0.5, 0.6) is 11.5 Å². The van der Waals surface area contributed by atoms with E-state index in [4.69, 9.17) is 14.6 Å². The summed E-state index contributed by atoms with van der Waals surface area (Å²) in [6.45, 7) is 3.80. The lowest BCUT2D eigenvalue weighted by Gasteiger charge is -2.13. The molecule has 1 rings (SSSR count). The molecule has 0 radical (unpaired) electrons. The van der Waals surface area contributed by atoms with Crippen molar-refractivity contribution in [3.8, 4) is 11.5 Å². The molecule has 5 nitrogen and oxygen atoms in total. The van der Waals surface area contributed by atoms with Crippen molar-refractivity contribution in [3.05, 3.63) is 23.3 Å². The monoisotopic (exact) mass is 252 g/mol. The number of carbonyl (C=O) groups is 2. The Hall–Kier alpha value is -2.04. The van der Waals surface area contributed by atoms with E-state index in [1.807, 2.05) is 13.8 Å². The van der Waals surface area contributed by atoms with E-state index in [1.165, 1.54) is 0 Å². The smallest absolute Gasteiger partial charge is 0.341 e. The predicted octanol–water partition coefficient (Wildman–Crippen LogP) is 1.92. The van der Waals surface area contributed by atoms with Crippen LogP contribution in [0.2, 0.25) is 0 Å². The Kier molecular flexibility index (Phi) is 5.17. The molecule has 5 heteroatoms. The van der Waals surface area contributed by atoms with E-state index in [1.54, 1.807) is 12.1 Å². The number of aryl methyl sites for hydroxylation is 1. The Bertz CT molecular complexity index is 439. The van der Waals surface area contributed by atoms with Gasteiger partial charge in [-0.2, -0.15) is 0 Å². The third-order valence-electron chi connectivity index (χ3n) is 2.35. The molecule has 0 aliphatic heterocycles. The average molecular weight is 252 g/mol. The molecule has 0 unspecified atom stereocenters. The standard InChI is InChI=1S/C13H16O5/c1-3-9-5-10(7-14)12(18-8-13(15)16)6-11(9)17-4-2/h5-7H,3-4,8H2,1-2H3,(H,15,16). The molecule has 0 aliphatic rings. The molecule has 0 heterocycles. The van der Waals surface area contributed by atoms with Gasteiger partial charge in [-0.25, -0.2) is 4.79 Å². The third-order valence-corrected chi connectivity index (χ3v) is 2.35. The summed E-state index contributed by atoms with van der Waals surface area (Å²) in [6, 6.07) is 3.23. The summed E-state index contributed by atoms with van der Waals surface area (Å²) < 4.78 is 10.5. The number of rotatable bonds is 7. The molecule has 0 saturated carbocycles. The summed E-state index contributed by atoms with van der Waals surface area (Å²) in [4.78, 5) is 21.4. The van der Waals surface area contributed by atoms with Crippen LogP contribution in [0, 0.1) is 0 Å². The minimum atomic E-state index is -1.09. The highest BCUT2D eigenvalue weighted by Gasteiger charge is 2.11. The molecule has 1 aromatic carbocycles. The van der Waals surface area contributed by atoms with Gasteiger partial charge in [-0.3, -0.25) is 4.79 Å². The first-order valence-electron chi connectivity index (χ1n) is 5.71. The van der Waals surface area contributed by atoms with Crippen LogP contribution in [-0.4, -0.2) is 30.6 Å². The van der Waals surface area contributed by atoms with Gasteiger partial charge >= 0.3 is 5.97 Å². The Morgan fingerprint density at radius 3 is 2.50 bits per heavy atom. The topological polar surface area (TPSA) is 72.8 Å². The highest BCUT2D eigenvalue weighted by Crippen LogP contribution is 2.29. The Morgan fingerprint density at radius 1 is 1.28 bits per heavy atom. The van der Waals surface area contributed by atoms with Gasteiger partial charge in [-0.1, -0.05) is 6.92 Å². The summed E-state index contributed by atoms with van der Waals surface area (Å²) >= 11 is 0. The zero-order valence-electron chi connectivity index (χ0n) is 10.4. The first-order valence-corrected chi connectivity index (χ1v) is 5.71. The molecule has 1 aromatic rings. The number of carbonyl (C=O) groups excluding carboxylic acids is 1. The predicted molar refractivity (Wildman–Crippen MR) is 65.5 cm³/mol. The molecule has 0 aliphatic carbocycles. The van der Waals surface area contributed by atoms with Crippen molar-refractivity contribution in [2.45, 2.75) is 20.3 Å². The first kappa shape index (κ1) is 14.0. The van der Waals surface area contributed by atoms with E-state index in [-0.39, 0.29) is 5.75 Å². The summed E-state index contributed by atoms with van der Waals surface area (Å²) in [5.41, 5.74) is 1.22. The lowest BCUT2D eigenvalue weighted by atomic mass is 10.1. The van der Waals surface area contributed by atoms with Crippen molar-refractivity contribution in [2.75, 3.05) is 13.2 Å². The minimum Gasteiger partial charge on any atom is -0.493 e. The number of carboxylic acids is 1. The molecule has 18 heavy (non-hydrogen) atoms. The number of hydrogen-bond donors (Lipinski definition) is 1. The van der Waals surface area contributed by atoms with Gasteiger partial charge in [0.1, 0.15) is 11.5 Å². The molecule has 98 valence electrons. The van der Waals surface area contributed by atoms with Crippen LogP contribution in [0.15, 0.2) is 12.1 Å². The molecule has 1 N–H and O–H groups in total. The van der Waals surface area contributed by atoms with Crippen LogP contribution in [0.3, 0.4) is 0 Å². The molecule has 0 fully saturated rings. The van der Waals surface area contributed by atoms with Crippen molar-refractivity contribution in [1.29, 1.82) is 0 Å². The van der Waals surface area contributed by atoms with Crippen molar-refractivity contribution < 1.29 is 24.2 Å². The maximum atomic E-state index is 10.9. The average Bonchev–Trinajstić information content (AvgIpc) is 2.36. The summed E-state index contributed by atoms with van der Waals surface area (Å²) in [7, 11) is 0. The van der Waals surface area contributed by atoms with Crippen LogP contribution in [0.1, 0.15) is 29.8 Å². The third kappa shape index (κ3) is 3.48. The molecule has 0 spiro atoms. The van der Waals surface area contributed by atoms with Crippen LogP contribution < -0.4 is 9.47 Å². The van der Waals surface area contributed by atoms with E-state index >= 15 is 0 Å². The van der Waals surface area contributed by atoms with E-state index < -0.39 is 12.6 Å². The van der Waals surface area contributed by atoms with Gasteiger partial charge in [0.25, 0.3) is 0 Å². The quantitative estimate of drug-likeness (QED) is 0.750. The molecule has 0 amide bonds. The van der Waals surface area contributed by atoms with Crippen molar-refractivity contribution >= 4 is 12.3 Å². The molecular formula is C13H16O5. The second-order valence-corrected chi connectivity index (χ2v) is 3.58. The van der Waals surface area contributed by atoms with Crippen LogP contribution in [0.25, 0.3) is 0 Å². The summed E-state index contributed by atoms with van der Waals surface area (Å²) in [6.07, 6.45) is 1.36. The molecular weight excluding hydrogens is 236 g/mol. The molecule has 0 bridgehead atoms. The van der Waals surface area contributed by atoms with Gasteiger partial charge in [0.15, 0.2) is 12.9 Å². The zero-order chi connectivity index (χ0) is 13.5. The lowest BCUT2D eigenvalue weighted by Crippen LogP contribution is -2.11. The SMILES string of the molecule is CCOc1cc(OCC(=O)O)c(C=O)cc1CC. The van der Waals surface area contributed by atoms with Crippen molar-refractivity contribution in [3.63, 3.8) is 0 Å². The van der Waals surface area contributed by atoms with Gasteiger partial charge in [-0.05, 0) is 25.0 Å². The second-order valence-electron chi connectivity index (χ2n) is 3.58. The van der Waals surface area contributed by atoms with Crippen LogP contribution in [0.4, 0.5) is 0 Å². The summed E-state index contributed by atoms with van der Waals surface area (Å²) in [5, 5.41) is 8.57. The van der Waals surface area contributed by atoms with Crippen LogP contribution in [-0.2, 0) is 11.2 Å². The van der Waals surface area contributed by atoms with Crippen molar-refractivity contribution in [2.24, 2.45) is 0 Å². The largest absolute Gasteiger partial charge is 0.493 e. The molecule has 0 atom stereocenters. The summed E-state index contributed by atoms with van der Waals surface area (Å²) in [5.74, 6) is -0.247. The van der Waals surface area contributed by atoms with E-state index in [2.05, 4.69) is 0 Å². The fourth-order valence-electron chi connectivity index (χ4n) is 1.55. The van der Waals surface area contributed by atoms with E-state index in [0.717, 1.165) is 12.0 Å². The molecule has 0 aromatic heterocycles. The first-order chi connectivity index (χ1) is 8.62. The Balaban J connectivity index is 3.09. The fourth-order valence-corrected chi connectivity index (χ4v) is 1.55.